The summed E-state index contributed by atoms with van der Waals surface area (Å²) in [6, 6.07) is -0.0420. The van der Waals surface area contributed by atoms with Gasteiger partial charge in [-0.3, -0.25) is 14.6 Å². The van der Waals surface area contributed by atoms with E-state index in [9.17, 15) is 22.8 Å². The Labute approximate surface area is 138 Å². The summed E-state index contributed by atoms with van der Waals surface area (Å²) in [4.78, 5) is 27.7. The van der Waals surface area contributed by atoms with Crippen LogP contribution in [-0.4, -0.2) is 72.3 Å². The van der Waals surface area contributed by atoms with E-state index in [0.29, 0.717) is 18.9 Å². The van der Waals surface area contributed by atoms with Crippen molar-refractivity contribution in [2.24, 2.45) is 0 Å². The van der Waals surface area contributed by atoms with E-state index in [1.807, 2.05) is 0 Å². The quantitative estimate of drug-likeness (QED) is 0.836. The summed E-state index contributed by atoms with van der Waals surface area (Å²) in [7, 11) is 0. The molecule has 0 radical (unpaired) electrons. The van der Waals surface area contributed by atoms with Crippen LogP contribution in [0.5, 0.6) is 0 Å². The molecule has 0 aromatic rings. The van der Waals surface area contributed by atoms with Crippen LogP contribution in [0.2, 0.25) is 0 Å². The number of hydrogen-bond donors (Lipinski definition) is 1. The first kappa shape index (κ1) is 17.3. The molecule has 0 aromatic heterocycles. The van der Waals surface area contributed by atoms with Crippen molar-refractivity contribution in [3.05, 3.63) is 0 Å². The number of carbonyl (C=O) groups is 2. The molecule has 2 heterocycles. The second kappa shape index (κ2) is 6.78. The third-order valence-electron chi connectivity index (χ3n) is 4.78. The van der Waals surface area contributed by atoms with Gasteiger partial charge in [0.05, 0.1) is 0 Å². The third kappa shape index (κ3) is 4.31. The minimum Gasteiger partial charge on any atom is -0.440 e. The van der Waals surface area contributed by atoms with Gasteiger partial charge in [-0.1, -0.05) is 0 Å². The lowest BCUT2D eigenvalue weighted by molar-refractivity contribution is -0.162. The summed E-state index contributed by atoms with van der Waals surface area (Å²) >= 11 is 0. The molecular formula is C15H22F3N3O3. The Balaban J connectivity index is 1.49. The number of amides is 2. The van der Waals surface area contributed by atoms with Crippen LogP contribution in [0.15, 0.2) is 0 Å². The minimum absolute atomic E-state index is 0.0479. The molecule has 9 heteroatoms. The van der Waals surface area contributed by atoms with E-state index in [2.05, 4.69) is 15.0 Å². The van der Waals surface area contributed by atoms with Gasteiger partial charge in [0.1, 0.15) is 6.04 Å². The zero-order chi connectivity index (χ0) is 17.3. The van der Waals surface area contributed by atoms with Crippen LogP contribution in [0.3, 0.4) is 0 Å². The molecular weight excluding hydrogens is 327 g/mol. The van der Waals surface area contributed by atoms with Crippen LogP contribution in [0.1, 0.15) is 32.1 Å². The molecule has 0 aromatic carbocycles. The fraction of sp³-hybridized carbons (Fsp3) is 0.867. The predicted octanol–water partition coefficient (Wildman–Crippen LogP) is 1.50. The Morgan fingerprint density at radius 2 is 1.88 bits per heavy atom. The highest BCUT2D eigenvalue weighted by atomic mass is 19.4. The van der Waals surface area contributed by atoms with Crippen LogP contribution in [0.4, 0.5) is 18.0 Å². The van der Waals surface area contributed by atoms with E-state index in [1.54, 1.807) is 0 Å². The Hall–Kier alpha value is -1.51. The Morgan fingerprint density at radius 1 is 1.12 bits per heavy atom. The fourth-order valence-corrected chi connectivity index (χ4v) is 3.46. The Kier molecular flexibility index (Phi) is 4.89. The molecule has 2 aliphatic heterocycles. The number of alkyl halides is 3. The highest BCUT2D eigenvalue weighted by molar-refractivity contribution is 5.86. The fourth-order valence-electron chi connectivity index (χ4n) is 3.46. The topological polar surface area (TPSA) is 61.9 Å². The van der Waals surface area contributed by atoms with Crippen LogP contribution in [0.25, 0.3) is 0 Å². The second-order valence-corrected chi connectivity index (χ2v) is 6.74. The Bertz CT molecular complexity index is 496. The normalized spacial score (nSPS) is 28.2. The molecule has 24 heavy (non-hydrogen) atoms. The minimum atomic E-state index is -4.57. The summed E-state index contributed by atoms with van der Waals surface area (Å²) in [6.45, 7) is 0.378. The average molecular weight is 349 g/mol. The van der Waals surface area contributed by atoms with Crippen LogP contribution >= 0.6 is 0 Å². The highest BCUT2D eigenvalue weighted by Gasteiger charge is 2.40. The maximum absolute atomic E-state index is 12.4. The van der Waals surface area contributed by atoms with Gasteiger partial charge >= 0.3 is 12.3 Å². The molecule has 0 unspecified atom stereocenters. The second-order valence-electron chi connectivity index (χ2n) is 6.74. The molecule has 0 bridgehead atoms. The van der Waals surface area contributed by atoms with Crippen molar-refractivity contribution in [3.8, 4) is 0 Å². The molecule has 2 atom stereocenters. The van der Waals surface area contributed by atoms with E-state index >= 15 is 0 Å². The van der Waals surface area contributed by atoms with Gasteiger partial charge in [-0.2, -0.15) is 13.2 Å². The van der Waals surface area contributed by atoms with Crippen LogP contribution in [-0.2, 0) is 9.53 Å². The lowest BCUT2D eigenvalue weighted by atomic mass is 10.2. The van der Waals surface area contributed by atoms with Gasteiger partial charge in [-0.15, -0.1) is 0 Å². The standard InChI is InChI=1S/C15H22F3N3O3/c16-15(17,18)9-24-14(23)21-6-1-2-12(21)13(22)19-10-5-7-20(8-10)11-3-4-11/h10-12H,1-9H2,(H,19,22)/t10-,12-/m0/s1. The molecule has 136 valence electrons. The molecule has 0 spiro atoms. The number of halogens is 3. The van der Waals surface area contributed by atoms with E-state index < -0.39 is 24.9 Å². The van der Waals surface area contributed by atoms with Gasteiger partial charge in [0.2, 0.25) is 5.91 Å². The zero-order valence-corrected chi connectivity index (χ0v) is 13.3. The van der Waals surface area contributed by atoms with Crippen LogP contribution in [0, 0.1) is 0 Å². The van der Waals surface area contributed by atoms with Crippen molar-refractivity contribution in [1.29, 1.82) is 0 Å². The van der Waals surface area contributed by atoms with Gasteiger partial charge in [-0.25, -0.2) is 4.79 Å². The van der Waals surface area contributed by atoms with E-state index in [1.165, 1.54) is 12.8 Å². The number of ether oxygens (including phenoxy) is 1. The molecule has 3 aliphatic rings. The summed E-state index contributed by atoms with van der Waals surface area (Å²) in [5, 5.41) is 2.94. The largest absolute Gasteiger partial charge is 0.440 e. The van der Waals surface area contributed by atoms with Crippen molar-refractivity contribution in [2.75, 3.05) is 26.2 Å². The number of nitrogens with one attached hydrogen (secondary N) is 1. The summed E-state index contributed by atoms with van der Waals surface area (Å²) < 4.78 is 40.7. The summed E-state index contributed by atoms with van der Waals surface area (Å²) in [6.07, 6.45) is -1.32. The molecule has 3 fully saturated rings. The van der Waals surface area contributed by atoms with E-state index in [4.69, 9.17) is 0 Å². The lowest BCUT2D eigenvalue weighted by Crippen LogP contribution is -2.49. The zero-order valence-electron chi connectivity index (χ0n) is 13.3. The van der Waals surface area contributed by atoms with Gasteiger partial charge in [0.25, 0.3) is 0 Å². The third-order valence-corrected chi connectivity index (χ3v) is 4.78. The molecule has 1 saturated carbocycles. The molecule has 2 amide bonds. The van der Waals surface area contributed by atoms with Crippen molar-refractivity contribution in [1.82, 2.24) is 15.1 Å². The molecule has 1 aliphatic carbocycles. The first-order chi connectivity index (χ1) is 11.3. The van der Waals surface area contributed by atoms with Gasteiger partial charge in [0, 0.05) is 31.7 Å². The first-order valence-corrected chi connectivity index (χ1v) is 8.38. The smallest absolute Gasteiger partial charge is 0.422 e. The van der Waals surface area contributed by atoms with Crippen LogP contribution < -0.4 is 5.32 Å². The lowest BCUT2D eigenvalue weighted by Gasteiger charge is -2.25. The molecule has 2 saturated heterocycles. The van der Waals surface area contributed by atoms with Gasteiger partial charge < -0.3 is 10.1 Å². The van der Waals surface area contributed by atoms with Gasteiger partial charge in [-0.05, 0) is 32.1 Å². The number of nitrogens with zero attached hydrogens (tertiary/aromatic N) is 2. The van der Waals surface area contributed by atoms with Crippen molar-refractivity contribution in [2.45, 2.75) is 56.4 Å². The Morgan fingerprint density at radius 3 is 2.54 bits per heavy atom. The number of likely N-dealkylation sites (tertiary alicyclic amines) is 2. The van der Waals surface area contributed by atoms with Gasteiger partial charge in [0.15, 0.2) is 6.61 Å². The van der Waals surface area contributed by atoms with Crippen molar-refractivity contribution in [3.63, 3.8) is 0 Å². The molecule has 6 nitrogen and oxygen atoms in total. The molecule has 3 rings (SSSR count). The monoisotopic (exact) mass is 349 g/mol. The van der Waals surface area contributed by atoms with E-state index in [-0.39, 0.29) is 18.5 Å². The maximum Gasteiger partial charge on any atom is 0.422 e. The van der Waals surface area contributed by atoms with Crippen molar-refractivity contribution < 1.29 is 27.5 Å². The average Bonchev–Trinajstić information content (AvgIpc) is 3.06. The number of hydrogen-bond acceptors (Lipinski definition) is 4. The first-order valence-electron chi connectivity index (χ1n) is 8.38. The van der Waals surface area contributed by atoms with E-state index in [0.717, 1.165) is 24.4 Å². The summed E-state index contributed by atoms with van der Waals surface area (Å²) in [5.74, 6) is -0.292. The predicted molar refractivity (Wildman–Crippen MR) is 78.3 cm³/mol. The maximum atomic E-state index is 12.4. The van der Waals surface area contributed by atoms with Crippen molar-refractivity contribution >= 4 is 12.0 Å². The summed E-state index contributed by atoms with van der Waals surface area (Å²) in [5.41, 5.74) is 0. The number of rotatable bonds is 4. The SMILES string of the molecule is O=C(N[C@H]1CCN(C2CC2)C1)[C@@H]1CCCN1C(=O)OCC(F)(F)F. The molecule has 1 N–H and O–H groups in total. The number of carbonyl (C=O) groups excluding carboxylic acids is 2. The highest BCUT2D eigenvalue weighted by Crippen LogP contribution is 2.30.